The molecular formula is C54H33BN4. The molecule has 3 aliphatic rings. The Labute approximate surface area is 341 Å². The molecule has 9 aromatic carbocycles. The summed E-state index contributed by atoms with van der Waals surface area (Å²) in [6.45, 7) is -0.0152. The highest BCUT2D eigenvalue weighted by Crippen LogP contribution is 2.53. The molecule has 0 atom stereocenters. The molecule has 0 spiro atoms. The van der Waals surface area contributed by atoms with Crippen LogP contribution in [-0.4, -0.2) is 16.0 Å². The van der Waals surface area contributed by atoms with Crippen molar-refractivity contribution in [3.8, 4) is 33.6 Å². The maximum absolute atomic E-state index is 2.63. The number of rotatable bonds is 3. The summed E-state index contributed by atoms with van der Waals surface area (Å²) >= 11 is 0. The van der Waals surface area contributed by atoms with Crippen molar-refractivity contribution >= 4 is 89.8 Å². The van der Waals surface area contributed by atoms with Gasteiger partial charge in [0.25, 0.3) is 0 Å². The van der Waals surface area contributed by atoms with Crippen molar-refractivity contribution in [2.75, 3.05) is 9.71 Å². The zero-order valence-electron chi connectivity index (χ0n) is 31.9. The first-order valence-corrected chi connectivity index (χ1v) is 20.5. The van der Waals surface area contributed by atoms with Crippen LogP contribution >= 0.6 is 0 Å². The molecule has 0 saturated carbocycles. The van der Waals surface area contributed by atoms with Crippen molar-refractivity contribution < 1.29 is 0 Å². The summed E-state index contributed by atoms with van der Waals surface area (Å²) in [6.07, 6.45) is 0. The fourth-order valence-corrected chi connectivity index (χ4v) is 11.0. The van der Waals surface area contributed by atoms with Crippen LogP contribution in [0.1, 0.15) is 0 Å². The predicted molar refractivity (Wildman–Crippen MR) is 248 cm³/mol. The highest BCUT2D eigenvalue weighted by atomic mass is 15.2. The fraction of sp³-hybridized carbons (Fsp3) is 0. The van der Waals surface area contributed by atoms with Crippen LogP contribution in [0.3, 0.4) is 0 Å². The normalized spacial score (nSPS) is 13.3. The Balaban J connectivity index is 1.18. The summed E-state index contributed by atoms with van der Waals surface area (Å²) in [4.78, 5) is 5.23. The zero-order valence-corrected chi connectivity index (χ0v) is 31.9. The highest BCUT2D eigenvalue weighted by molar-refractivity contribution is 6.95. The molecule has 0 bridgehead atoms. The number of anilines is 5. The monoisotopic (exact) mass is 748 g/mol. The summed E-state index contributed by atoms with van der Waals surface area (Å²) < 4.78 is 4.96. The molecule has 0 unspecified atom stereocenters. The van der Waals surface area contributed by atoms with Gasteiger partial charge in [-0.1, -0.05) is 133 Å². The molecule has 59 heavy (non-hydrogen) atoms. The van der Waals surface area contributed by atoms with Gasteiger partial charge in [0.2, 0.25) is 0 Å². The number of nitrogens with zero attached hydrogens (tertiary/aromatic N) is 4. The molecule has 3 aliphatic heterocycles. The maximum Gasteiger partial charge on any atom is 0.333 e. The largest absolute Gasteiger partial charge is 0.376 e. The van der Waals surface area contributed by atoms with E-state index in [1.54, 1.807) is 0 Å². The number of fused-ring (bicyclic) bond motifs is 12. The molecule has 5 heterocycles. The standard InChI is InChI=1S/C54H33BN4/c1-2-16-34(17-3-1)57-46-27-11-6-21-39(46)42-24-15-31-50(54(42)57)58-49-30-14-23-41-38-20-7-12-28-47(38)59-48-29-13-8-22-40(48)43-32-35(33-51(58)53(43)55(59)52(41)49)56-44-25-9-4-18-36(44)37-19-5-10-26-45(37)56/h1-33H. The molecule has 4 nitrogen and oxygen atoms in total. The lowest BCUT2D eigenvalue weighted by Crippen LogP contribution is -2.63. The minimum absolute atomic E-state index is 0.0152. The summed E-state index contributed by atoms with van der Waals surface area (Å²) in [5, 5.41) is 5.00. The Kier molecular flexibility index (Phi) is 6.07. The second-order valence-corrected chi connectivity index (χ2v) is 16.0. The van der Waals surface area contributed by atoms with Crippen molar-refractivity contribution in [3.63, 3.8) is 0 Å². The minimum Gasteiger partial charge on any atom is -0.376 e. The molecule has 0 fully saturated rings. The molecule has 0 saturated heterocycles. The van der Waals surface area contributed by atoms with E-state index in [9.17, 15) is 0 Å². The van der Waals surface area contributed by atoms with Crippen LogP contribution in [0, 0.1) is 0 Å². The van der Waals surface area contributed by atoms with Gasteiger partial charge in [-0.15, -0.1) is 0 Å². The third-order valence-corrected chi connectivity index (χ3v) is 13.2. The Morgan fingerprint density at radius 1 is 0.305 bits per heavy atom. The van der Waals surface area contributed by atoms with E-state index >= 15 is 0 Å². The number of benzene rings is 9. The van der Waals surface area contributed by atoms with E-state index in [-0.39, 0.29) is 6.85 Å². The van der Waals surface area contributed by atoms with Crippen LogP contribution in [0.2, 0.25) is 0 Å². The van der Waals surface area contributed by atoms with E-state index in [0.717, 1.165) is 17.1 Å². The minimum atomic E-state index is -0.0152. The molecular weight excluding hydrogens is 715 g/mol. The van der Waals surface area contributed by atoms with Crippen LogP contribution in [0.5, 0.6) is 0 Å². The van der Waals surface area contributed by atoms with Gasteiger partial charge in [-0.05, 0) is 88.8 Å². The zero-order chi connectivity index (χ0) is 38.3. The first-order valence-electron chi connectivity index (χ1n) is 20.5. The molecule has 0 amide bonds. The van der Waals surface area contributed by atoms with E-state index in [1.807, 2.05) is 0 Å². The van der Waals surface area contributed by atoms with Gasteiger partial charge in [-0.2, -0.15) is 0 Å². The predicted octanol–water partition coefficient (Wildman–Crippen LogP) is 12.6. The third-order valence-electron chi connectivity index (χ3n) is 13.2. The van der Waals surface area contributed by atoms with Crippen LogP contribution < -0.4 is 20.6 Å². The van der Waals surface area contributed by atoms with E-state index in [0.29, 0.717) is 0 Å². The average molecular weight is 749 g/mol. The number of hydrogen-bond acceptors (Lipinski definition) is 2. The van der Waals surface area contributed by atoms with E-state index in [4.69, 9.17) is 0 Å². The second kappa shape index (κ2) is 11.4. The van der Waals surface area contributed by atoms with Crippen LogP contribution in [0.4, 0.5) is 28.4 Å². The van der Waals surface area contributed by atoms with Gasteiger partial charge in [0.05, 0.1) is 27.8 Å². The topological polar surface area (TPSA) is 16.3 Å². The molecule has 5 heteroatoms. The maximum atomic E-state index is 2.63. The lowest BCUT2D eigenvalue weighted by Gasteiger charge is -2.49. The van der Waals surface area contributed by atoms with Gasteiger partial charge in [-0.3, -0.25) is 0 Å². The Bertz CT molecular complexity index is 3540. The van der Waals surface area contributed by atoms with Crippen LogP contribution in [0.25, 0.3) is 77.2 Å². The number of para-hydroxylation sites is 7. The van der Waals surface area contributed by atoms with Crippen molar-refractivity contribution in [1.29, 1.82) is 0 Å². The van der Waals surface area contributed by atoms with E-state index in [1.165, 1.54) is 99.5 Å². The van der Waals surface area contributed by atoms with Crippen molar-refractivity contribution in [3.05, 3.63) is 200 Å². The SMILES string of the molecule is c1ccc(-n2c3ccccc3c3cccc(N4c5cccc6c5B5c7c(cc(-n8c9ccccc9c9ccccc98)cc74)-c4ccccc4N5c4ccccc4-6)c32)cc1. The summed E-state index contributed by atoms with van der Waals surface area (Å²) in [7, 11) is 0. The summed E-state index contributed by atoms with van der Waals surface area (Å²) in [5.74, 6) is 0. The van der Waals surface area contributed by atoms with Gasteiger partial charge in [-0.25, -0.2) is 0 Å². The van der Waals surface area contributed by atoms with Crippen LogP contribution in [0.15, 0.2) is 200 Å². The molecule has 272 valence electrons. The average Bonchev–Trinajstić information content (AvgIpc) is 3.83. The second-order valence-electron chi connectivity index (χ2n) is 16.0. The lowest BCUT2D eigenvalue weighted by atomic mass is 9.41. The van der Waals surface area contributed by atoms with Crippen LogP contribution in [-0.2, 0) is 0 Å². The molecule has 2 aromatic heterocycles. The summed E-state index contributed by atoms with van der Waals surface area (Å²) in [5.41, 5.74) is 20.9. The molecule has 0 aliphatic carbocycles. The highest BCUT2D eigenvalue weighted by Gasteiger charge is 2.49. The van der Waals surface area contributed by atoms with Crippen molar-refractivity contribution in [2.45, 2.75) is 0 Å². The van der Waals surface area contributed by atoms with Gasteiger partial charge in [0, 0.05) is 66.8 Å². The molecule has 0 N–H and O–H groups in total. The molecule has 0 radical (unpaired) electrons. The molecule has 14 rings (SSSR count). The Hall–Kier alpha value is -7.76. The van der Waals surface area contributed by atoms with Gasteiger partial charge < -0.3 is 18.8 Å². The first kappa shape index (κ1) is 31.3. The van der Waals surface area contributed by atoms with Crippen molar-refractivity contribution in [1.82, 2.24) is 9.13 Å². The quantitative estimate of drug-likeness (QED) is 0.167. The Morgan fingerprint density at radius 3 is 1.51 bits per heavy atom. The van der Waals surface area contributed by atoms with E-state index in [2.05, 4.69) is 219 Å². The first-order chi connectivity index (χ1) is 29.3. The van der Waals surface area contributed by atoms with Gasteiger partial charge in [0.15, 0.2) is 0 Å². The van der Waals surface area contributed by atoms with Gasteiger partial charge >= 0.3 is 6.85 Å². The smallest absolute Gasteiger partial charge is 0.333 e. The molecule has 11 aromatic rings. The number of aromatic nitrogens is 2. The van der Waals surface area contributed by atoms with E-state index < -0.39 is 0 Å². The lowest BCUT2D eigenvalue weighted by molar-refractivity contribution is 1.15. The third kappa shape index (κ3) is 3.99. The summed E-state index contributed by atoms with van der Waals surface area (Å²) in [6, 6.07) is 74.3. The Morgan fingerprint density at radius 2 is 0.797 bits per heavy atom. The number of hydrogen-bond donors (Lipinski definition) is 0. The fourth-order valence-electron chi connectivity index (χ4n) is 11.0. The van der Waals surface area contributed by atoms with Gasteiger partial charge in [0.1, 0.15) is 0 Å². The van der Waals surface area contributed by atoms with Crippen molar-refractivity contribution in [2.24, 2.45) is 0 Å².